The minimum absolute atomic E-state index is 0.0448. The van der Waals surface area contributed by atoms with E-state index in [1.54, 1.807) is 13.8 Å². The van der Waals surface area contributed by atoms with Crippen LogP contribution < -0.4 is 5.73 Å². The Labute approximate surface area is 102 Å². The molecule has 1 heterocycles. The van der Waals surface area contributed by atoms with Gasteiger partial charge in [0.2, 0.25) is 5.82 Å². The average molecular weight is 267 g/mol. The Morgan fingerprint density at radius 1 is 1.33 bits per heavy atom. The molecule has 104 valence electrons. The van der Waals surface area contributed by atoms with Crippen LogP contribution >= 0.6 is 0 Å². The third-order valence-corrected chi connectivity index (χ3v) is 3.06. The number of rotatable bonds is 4. The van der Waals surface area contributed by atoms with E-state index in [-0.39, 0.29) is 5.82 Å². The molecule has 0 radical (unpaired) electrons. The van der Waals surface area contributed by atoms with E-state index in [1.807, 2.05) is 0 Å². The van der Waals surface area contributed by atoms with Crippen molar-refractivity contribution in [3.05, 3.63) is 11.7 Å². The number of halogens is 3. The van der Waals surface area contributed by atoms with Crippen molar-refractivity contribution in [2.24, 2.45) is 5.73 Å². The molecule has 0 aliphatic heterocycles. The Morgan fingerprint density at radius 3 is 2.28 bits per heavy atom. The minimum Gasteiger partial charge on any atom is -0.370 e. The standard InChI is InChI=1S/C10H16F3N3O2/c1-5-8(2,17-4)6-15-7(18-16-6)9(3,14)10(11,12)13/h5,14H2,1-4H3. The first kappa shape index (κ1) is 14.9. The highest BCUT2D eigenvalue weighted by molar-refractivity contribution is 5.07. The van der Waals surface area contributed by atoms with Gasteiger partial charge in [0.1, 0.15) is 5.60 Å². The van der Waals surface area contributed by atoms with Crippen LogP contribution in [0.1, 0.15) is 38.9 Å². The normalized spacial score (nSPS) is 19.3. The molecule has 0 spiro atoms. The zero-order valence-corrected chi connectivity index (χ0v) is 10.6. The second-order valence-corrected chi connectivity index (χ2v) is 4.41. The van der Waals surface area contributed by atoms with E-state index in [2.05, 4.69) is 14.7 Å². The summed E-state index contributed by atoms with van der Waals surface area (Å²) in [4.78, 5) is 3.71. The van der Waals surface area contributed by atoms with E-state index in [0.29, 0.717) is 6.42 Å². The number of ether oxygens (including phenoxy) is 1. The smallest absolute Gasteiger partial charge is 0.370 e. The van der Waals surface area contributed by atoms with Crippen LogP contribution in [-0.4, -0.2) is 23.4 Å². The molecule has 0 aromatic carbocycles. The Bertz CT molecular complexity index is 411. The molecular formula is C10H16F3N3O2. The molecule has 0 bridgehead atoms. The fourth-order valence-electron chi connectivity index (χ4n) is 1.16. The van der Waals surface area contributed by atoms with E-state index in [4.69, 9.17) is 10.5 Å². The Morgan fingerprint density at radius 2 is 1.89 bits per heavy atom. The summed E-state index contributed by atoms with van der Waals surface area (Å²) in [5.41, 5.74) is 1.61. The van der Waals surface area contributed by atoms with E-state index < -0.39 is 23.2 Å². The van der Waals surface area contributed by atoms with E-state index in [0.717, 1.165) is 6.92 Å². The summed E-state index contributed by atoms with van der Waals surface area (Å²) in [7, 11) is 1.42. The molecule has 0 aliphatic rings. The van der Waals surface area contributed by atoms with Gasteiger partial charge in [-0.2, -0.15) is 18.2 Å². The first-order valence-electron chi connectivity index (χ1n) is 5.34. The maximum absolute atomic E-state index is 12.7. The predicted molar refractivity (Wildman–Crippen MR) is 56.5 cm³/mol. The van der Waals surface area contributed by atoms with Crippen LogP contribution in [0.25, 0.3) is 0 Å². The molecule has 2 N–H and O–H groups in total. The number of methoxy groups -OCH3 is 1. The maximum Gasteiger partial charge on any atom is 0.415 e. The molecule has 1 rings (SSSR count). The summed E-state index contributed by atoms with van der Waals surface area (Å²) in [6, 6.07) is 0. The third kappa shape index (κ3) is 2.35. The molecule has 2 unspecified atom stereocenters. The van der Waals surface area contributed by atoms with Crippen LogP contribution in [0.4, 0.5) is 13.2 Å². The van der Waals surface area contributed by atoms with Crippen molar-refractivity contribution in [2.75, 3.05) is 7.11 Å². The SMILES string of the molecule is CCC(C)(OC)c1noc(C(C)(N)C(F)(F)F)n1. The van der Waals surface area contributed by atoms with Gasteiger partial charge in [-0.1, -0.05) is 12.1 Å². The maximum atomic E-state index is 12.7. The Balaban J connectivity index is 3.15. The summed E-state index contributed by atoms with van der Waals surface area (Å²) < 4.78 is 47.9. The van der Waals surface area contributed by atoms with Crippen molar-refractivity contribution in [1.82, 2.24) is 10.1 Å². The van der Waals surface area contributed by atoms with Gasteiger partial charge in [-0.05, 0) is 20.3 Å². The lowest BCUT2D eigenvalue weighted by Crippen LogP contribution is -2.48. The van der Waals surface area contributed by atoms with Crippen molar-refractivity contribution >= 4 is 0 Å². The molecule has 18 heavy (non-hydrogen) atoms. The van der Waals surface area contributed by atoms with E-state index in [1.165, 1.54) is 7.11 Å². The van der Waals surface area contributed by atoms with Gasteiger partial charge in [-0.3, -0.25) is 0 Å². The highest BCUT2D eigenvalue weighted by Gasteiger charge is 2.54. The van der Waals surface area contributed by atoms with Crippen LogP contribution in [0.5, 0.6) is 0 Å². The molecule has 0 saturated carbocycles. The van der Waals surface area contributed by atoms with Gasteiger partial charge >= 0.3 is 6.18 Å². The number of aromatic nitrogens is 2. The zero-order chi connectivity index (χ0) is 14.2. The summed E-state index contributed by atoms with van der Waals surface area (Å²) in [5.74, 6) is -0.634. The minimum atomic E-state index is -4.67. The topological polar surface area (TPSA) is 74.2 Å². The number of alkyl halides is 3. The van der Waals surface area contributed by atoms with Crippen molar-refractivity contribution in [1.29, 1.82) is 0 Å². The largest absolute Gasteiger partial charge is 0.415 e. The highest BCUT2D eigenvalue weighted by atomic mass is 19.4. The predicted octanol–water partition coefficient (Wildman–Crippen LogP) is 2.08. The van der Waals surface area contributed by atoms with Gasteiger partial charge in [0.25, 0.3) is 5.89 Å². The van der Waals surface area contributed by atoms with Gasteiger partial charge < -0.3 is 15.0 Å². The molecular weight excluding hydrogens is 251 g/mol. The summed E-state index contributed by atoms with van der Waals surface area (Å²) in [6.07, 6.45) is -4.19. The monoisotopic (exact) mass is 267 g/mol. The number of nitrogens with zero attached hydrogens (tertiary/aromatic N) is 2. The van der Waals surface area contributed by atoms with Gasteiger partial charge in [-0.25, -0.2) is 0 Å². The van der Waals surface area contributed by atoms with Crippen LogP contribution in [0.2, 0.25) is 0 Å². The van der Waals surface area contributed by atoms with Crippen molar-refractivity contribution in [3.8, 4) is 0 Å². The summed E-state index contributed by atoms with van der Waals surface area (Å²) in [6.45, 7) is 4.23. The van der Waals surface area contributed by atoms with Crippen LogP contribution in [-0.2, 0) is 15.9 Å². The number of hydrogen-bond donors (Lipinski definition) is 1. The first-order chi connectivity index (χ1) is 8.08. The Kier molecular flexibility index (Phi) is 3.73. The molecule has 1 aromatic rings. The molecule has 0 saturated heterocycles. The van der Waals surface area contributed by atoms with Crippen LogP contribution in [0, 0.1) is 0 Å². The molecule has 0 aliphatic carbocycles. The molecule has 8 heteroatoms. The molecule has 0 fully saturated rings. The fraction of sp³-hybridized carbons (Fsp3) is 0.800. The van der Waals surface area contributed by atoms with Gasteiger partial charge in [0.15, 0.2) is 5.54 Å². The zero-order valence-electron chi connectivity index (χ0n) is 10.6. The van der Waals surface area contributed by atoms with Crippen LogP contribution in [0.15, 0.2) is 4.52 Å². The second kappa shape index (κ2) is 4.51. The van der Waals surface area contributed by atoms with Gasteiger partial charge in [-0.15, -0.1) is 0 Å². The van der Waals surface area contributed by atoms with Gasteiger partial charge in [0, 0.05) is 7.11 Å². The van der Waals surface area contributed by atoms with Crippen molar-refractivity contribution in [3.63, 3.8) is 0 Å². The lowest BCUT2D eigenvalue weighted by atomic mass is 10.0. The third-order valence-electron chi connectivity index (χ3n) is 3.06. The molecule has 2 atom stereocenters. The fourth-order valence-corrected chi connectivity index (χ4v) is 1.16. The average Bonchev–Trinajstić information content (AvgIpc) is 2.76. The summed E-state index contributed by atoms with van der Waals surface area (Å²) >= 11 is 0. The molecule has 1 aromatic heterocycles. The van der Waals surface area contributed by atoms with Crippen molar-refractivity contribution < 1.29 is 22.4 Å². The summed E-state index contributed by atoms with van der Waals surface area (Å²) in [5, 5.41) is 3.52. The second-order valence-electron chi connectivity index (χ2n) is 4.41. The lowest BCUT2D eigenvalue weighted by Gasteiger charge is -2.24. The number of nitrogens with two attached hydrogens (primary N) is 1. The van der Waals surface area contributed by atoms with Crippen LogP contribution in [0.3, 0.4) is 0 Å². The first-order valence-corrected chi connectivity index (χ1v) is 5.34. The molecule has 5 nitrogen and oxygen atoms in total. The quantitative estimate of drug-likeness (QED) is 0.904. The van der Waals surface area contributed by atoms with E-state index >= 15 is 0 Å². The van der Waals surface area contributed by atoms with E-state index in [9.17, 15) is 13.2 Å². The lowest BCUT2D eigenvalue weighted by molar-refractivity contribution is -0.190. The number of hydrogen-bond acceptors (Lipinski definition) is 5. The highest BCUT2D eigenvalue weighted by Crippen LogP contribution is 2.36. The Hall–Kier alpha value is -1.15. The van der Waals surface area contributed by atoms with Crippen molar-refractivity contribution in [2.45, 2.75) is 44.5 Å². The van der Waals surface area contributed by atoms with Gasteiger partial charge in [0.05, 0.1) is 0 Å². The molecule has 0 amide bonds.